The number of carbonyl (C=O) groups excluding carboxylic acids is 1. The van der Waals surface area contributed by atoms with Gasteiger partial charge in [-0.2, -0.15) is 4.98 Å². The highest BCUT2D eigenvalue weighted by Gasteiger charge is 2.21. The van der Waals surface area contributed by atoms with Crippen LogP contribution in [0.4, 0.5) is 5.69 Å². The van der Waals surface area contributed by atoms with Crippen LogP contribution in [-0.2, 0) is 11.3 Å². The monoisotopic (exact) mass is 371 g/mol. The predicted molar refractivity (Wildman–Crippen MR) is 102 cm³/mol. The second-order valence-electron chi connectivity index (χ2n) is 6.81. The van der Waals surface area contributed by atoms with E-state index in [-0.39, 0.29) is 18.4 Å². The Labute approximate surface area is 157 Å². The molecule has 0 saturated carbocycles. The zero-order chi connectivity index (χ0) is 18.8. The van der Waals surface area contributed by atoms with Crippen molar-refractivity contribution in [2.45, 2.75) is 40.7 Å². The van der Waals surface area contributed by atoms with Gasteiger partial charge in [0, 0.05) is 17.8 Å². The molecule has 0 aliphatic carbocycles. The van der Waals surface area contributed by atoms with Crippen LogP contribution in [0.15, 0.2) is 30.3 Å². The van der Waals surface area contributed by atoms with Crippen molar-refractivity contribution in [2.75, 3.05) is 4.90 Å². The maximum absolute atomic E-state index is 12.8. The summed E-state index contributed by atoms with van der Waals surface area (Å²) in [6, 6.07) is 9.27. The topological polar surface area (TPSA) is 63.4 Å². The van der Waals surface area contributed by atoms with Gasteiger partial charge in [0.25, 0.3) is 5.78 Å². The third kappa shape index (κ3) is 3.85. The average Bonchev–Trinajstić information content (AvgIpc) is 2.95. The van der Waals surface area contributed by atoms with Crippen LogP contribution in [0.3, 0.4) is 0 Å². The van der Waals surface area contributed by atoms with Crippen LogP contribution in [-0.4, -0.2) is 25.5 Å². The molecule has 0 atom stereocenters. The van der Waals surface area contributed by atoms with Crippen LogP contribution >= 0.6 is 11.6 Å². The van der Waals surface area contributed by atoms with E-state index in [1.165, 1.54) is 0 Å². The van der Waals surface area contributed by atoms with Crippen LogP contribution in [0.2, 0.25) is 5.02 Å². The molecule has 0 N–H and O–H groups in total. The Kier molecular flexibility index (Phi) is 5.23. The molecular formula is C19H22ClN5O. The minimum atomic E-state index is -0.00665. The lowest BCUT2D eigenvalue weighted by atomic mass is 10.1. The van der Waals surface area contributed by atoms with E-state index in [0.29, 0.717) is 28.7 Å². The number of rotatable bonds is 5. The molecule has 3 rings (SSSR count). The summed E-state index contributed by atoms with van der Waals surface area (Å²) in [6.45, 7) is 8.15. The van der Waals surface area contributed by atoms with Crippen molar-refractivity contribution in [3.63, 3.8) is 0 Å². The van der Waals surface area contributed by atoms with Gasteiger partial charge >= 0.3 is 0 Å². The molecule has 1 amide bonds. The van der Waals surface area contributed by atoms with Crippen LogP contribution in [0.5, 0.6) is 0 Å². The molecule has 136 valence electrons. The second kappa shape index (κ2) is 7.41. The molecule has 7 heteroatoms. The number of hydrogen-bond acceptors (Lipinski definition) is 4. The normalized spacial score (nSPS) is 11.3. The first kappa shape index (κ1) is 18.3. The van der Waals surface area contributed by atoms with E-state index < -0.39 is 0 Å². The number of benzene rings is 1. The summed E-state index contributed by atoms with van der Waals surface area (Å²) in [5, 5.41) is 5.04. The molecular weight excluding hydrogens is 350 g/mol. The molecule has 2 aromatic heterocycles. The fourth-order valence-electron chi connectivity index (χ4n) is 2.85. The lowest BCUT2D eigenvalue weighted by Gasteiger charge is -2.23. The lowest BCUT2D eigenvalue weighted by Crippen LogP contribution is -2.32. The molecule has 0 saturated heterocycles. The molecule has 0 spiro atoms. The van der Waals surface area contributed by atoms with Crippen molar-refractivity contribution in [2.24, 2.45) is 5.92 Å². The predicted octanol–water partition coefficient (Wildman–Crippen LogP) is 3.97. The van der Waals surface area contributed by atoms with Crippen molar-refractivity contribution in [3.05, 3.63) is 52.6 Å². The van der Waals surface area contributed by atoms with Crippen molar-refractivity contribution in [3.8, 4) is 0 Å². The minimum absolute atomic E-state index is 0.00665. The molecule has 1 aromatic carbocycles. The maximum atomic E-state index is 12.8. The van der Waals surface area contributed by atoms with Gasteiger partial charge in [-0.3, -0.25) is 4.79 Å². The van der Waals surface area contributed by atoms with Gasteiger partial charge < -0.3 is 4.90 Å². The van der Waals surface area contributed by atoms with E-state index in [1.54, 1.807) is 15.5 Å². The Morgan fingerprint density at radius 3 is 2.65 bits per heavy atom. The molecule has 26 heavy (non-hydrogen) atoms. The molecule has 0 unspecified atom stereocenters. The van der Waals surface area contributed by atoms with Crippen LogP contribution in [0.1, 0.15) is 37.5 Å². The van der Waals surface area contributed by atoms with E-state index in [9.17, 15) is 4.79 Å². The highest BCUT2D eigenvalue weighted by Crippen LogP contribution is 2.27. The summed E-state index contributed by atoms with van der Waals surface area (Å²) in [7, 11) is 0. The second-order valence-corrected chi connectivity index (χ2v) is 7.22. The number of aromatic nitrogens is 4. The van der Waals surface area contributed by atoms with Crippen LogP contribution in [0, 0.1) is 19.8 Å². The summed E-state index contributed by atoms with van der Waals surface area (Å²) in [5.74, 6) is 1.30. The molecule has 2 heterocycles. The summed E-state index contributed by atoms with van der Waals surface area (Å²) >= 11 is 6.34. The number of carbonyl (C=O) groups is 1. The largest absolute Gasteiger partial charge is 0.303 e. The zero-order valence-electron chi connectivity index (χ0n) is 15.4. The van der Waals surface area contributed by atoms with E-state index in [0.717, 1.165) is 11.4 Å². The third-order valence-electron chi connectivity index (χ3n) is 3.99. The van der Waals surface area contributed by atoms with E-state index in [1.807, 2.05) is 52.0 Å². The van der Waals surface area contributed by atoms with Gasteiger partial charge in [0.1, 0.15) is 0 Å². The Morgan fingerprint density at radius 2 is 1.96 bits per heavy atom. The fraction of sp³-hybridized carbons (Fsp3) is 0.368. The van der Waals surface area contributed by atoms with E-state index in [4.69, 9.17) is 11.6 Å². The van der Waals surface area contributed by atoms with Crippen LogP contribution in [0.25, 0.3) is 5.78 Å². The van der Waals surface area contributed by atoms with Gasteiger partial charge in [0.05, 0.1) is 17.3 Å². The molecule has 3 aromatic rings. The van der Waals surface area contributed by atoms with E-state index >= 15 is 0 Å². The zero-order valence-corrected chi connectivity index (χ0v) is 16.2. The van der Waals surface area contributed by atoms with Crippen molar-refractivity contribution in [1.82, 2.24) is 19.6 Å². The van der Waals surface area contributed by atoms with Crippen molar-refractivity contribution in [1.29, 1.82) is 0 Å². The first-order chi connectivity index (χ1) is 12.3. The standard InChI is InChI=1S/C19H22ClN5O/c1-12(2)9-18(26)24(16-8-6-5-7-15(16)20)11-17-22-19-21-13(3)10-14(4)25(19)23-17/h5-8,10,12H,9,11H2,1-4H3. The number of para-hydroxylation sites is 1. The SMILES string of the molecule is Cc1cc(C)n2nc(CN(C(=O)CC(C)C)c3ccccc3Cl)nc2n1. The first-order valence-corrected chi connectivity index (χ1v) is 8.97. The number of fused-ring (bicyclic) bond motifs is 1. The van der Waals surface area contributed by atoms with Gasteiger partial charge in [-0.1, -0.05) is 37.6 Å². The Bertz CT molecular complexity index is 950. The quantitative estimate of drug-likeness (QED) is 0.680. The van der Waals surface area contributed by atoms with Gasteiger partial charge in [-0.25, -0.2) is 9.50 Å². The number of amides is 1. The summed E-state index contributed by atoms with van der Waals surface area (Å²) in [4.78, 5) is 23.4. The number of anilines is 1. The number of halogens is 1. The molecule has 0 radical (unpaired) electrons. The maximum Gasteiger partial charge on any atom is 0.252 e. The van der Waals surface area contributed by atoms with E-state index in [2.05, 4.69) is 15.1 Å². The average molecular weight is 372 g/mol. The molecule has 0 aliphatic rings. The number of aryl methyl sites for hydroxylation is 2. The first-order valence-electron chi connectivity index (χ1n) is 8.60. The van der Waals surface area contributed by atoms with Crippen LogP contribution < -0.4 is 4.90 Å². The van der Waals surface area contributed by atoms with Gasteiger partial charge in [0.2, 0.25) is 5.91 Å². The minimum Gasteiger partial charge on any atom is -0.303 e. The Balaban J connectivity index is 1.99. The number of nitrogens with zero attached hydrogens (tertiary/aromatic N) is 5. The number of hydrogen-bond donors (Lipinski definition) is 0. The highest BCUT2D eigenvalue weighted by atomic mass is 35.5. The summed E-state index contributed by atoms with van der Waals surface area (Å²) in [6.07, 6.45) is 0.426. The van der Waals surface area contributed by atoms with Gasteiger partial charge in [0.15, 0.2) is 5.82 Å². The van der Waals surface area contributed by atoms with Crippen molar-refractivity contribution >= 4 is 29.0 Å². The summed E-state index contributed by atoms with van der Waals surface area (Å²) < 4.78 is 1.69. The molecule has 6 nitrogen and oxygen atoms in total. The highest BCUT2D eigenvalue weighted by molar-refractivity contribution is 6.33. The Morgan fingerprint density at radius 1 is 1.23 bits per heavy atom. The fourth-order valence-corrected chi connectivity index (χ4v) is 3.09. The Hall–Kier alpha value is -2.47. The lowest BCUT2D eigenvalue weighted by molar-refractivity contribution is -0.119. The molecule has 0 aliphatic heterocycles. The summed E-state index contributed by atoms with van der Waals surface area (Å²) in [5.41, 5.74) is 2.50. The molecule has 0 bridgehead atoms. The smallest absolute Gasteiger partial charge is 0.252 e. The van der Waals surface area contributed by atoms with Crippen molar-refractivity contribution < 1.29 is 4.79 Å². The molecule has 0 fully saturated rings. The van der Waals surface area contributed by atoms with Gasteiger partial charge in [-0.15, -0.1) is 5.10 Å². The third-order valence-corrected chi connectivity index (χ3v) is 4.31. The van der Waals surface area contributed by atoms with Gasteiger partial charge in [-0.05, 0) is 38.0 Å².